The Morgan fingerprint density at radius 1 is 0.368 bits per heavy atom. The summed E-state index contributed by atoms with van der Waals surface area (Å²) in [4.78, 5) is 15.9. The van der Waals surface area contributed by atoms with Crippen molar-refractivity contribution < 1.29 is 0 Å². The molecule has 0 unspecified atom stereocenters. The van der Waals surface area contributed by atoms with Crippen molar-refractivity contribution in [3.8, 4) is 56.7 Å². The number of benzene rings is 8. The van der Waals surface area contributed by atoms with E-state index in [1.807, 2.05) is 18.2 Å². The van der Waals surface area contributed by atoms with Gasteiger partial charge in [-0.2, -0.15) is 9.97 Å². The van der Waals surface area contributed by atoms with Gasteiger partial charge in [-0.05, 0) is 47.5 Å². The number of thiophene rings is 1. The Bertz CT molecular complexity index is 3650. The highest BCUT2D eigenvalue weighted by Gasteiger charge is 2.26. The fourth-order valence-corrected chi connectivity index (χ4v) is 10.5. The first kappa shape index (κ1) is 30.9. The number of hydrogen-bond acceptors (Lipinski definition) is 4. The fraction of sp³-hybridized carbons (Fsp3) is 0. The van der Waals surface area contributed by atoms with E-state index >= 15 is 0 Å². The SMILES string of the molecule is c1ccc(-c2nc(-c3cccc4sc5ccccc5c34)nc(-n3c4ccccc4c4cc5c(cc43)c3cccc4c3n5-c3ccccc3-c3ccccc3-4)n2)cc1. The molecule has 1 aliphatic heterocycles. The molecule has 0 aliphatic carbocycles. The monoisotopic (exact) mass is 743 g/mol. The van der Waals surface area contributed by atoms with Gasteiger partial charge in [-0.15, -0.1) is 11.3 Å². The van der Waals surface area contributed by atoms with Crippen molar-refractivity contribution in [2.45, 2.75) is 0 Å². The van der Waals surface area contributed by atoms with E-state index < -0.39 is 0 Å². The number of aromatic nitrogens is 5. The molecular formula is C51H29N5S. The van der Waals surface area contributed by atoms with Crippen molar-refractivity contribution in [2.75, 3.05) is 0 Å². The normalized spacial score (nSPS) is 12.2. The maximum atomic E-state index is 5.40. The van der Waals surface area contributed by atoms with Crippen LogP contribution in [0.25, 0.3) is 120 Å². The molecule has 0 bridgehead atoms. The van der Waals surface area contributed by atoms with Gasteiger partial charge in [0.05, 0.1) is 27.8 Å². The van der Waals surface area contributed by atoms with Gasteiger partial charge in [0.15, 0.2) is 11.6 Å². The minimum Gasteiger partial charge on any atom is -0.308 e. The highest BCUT2D eigenvalue weighted by atomic mass is 32.1. The van der Waals surface area contributed by atoms with E-state index in [4.69, 9.17) is 15.0 Å². The summed E-state index contributed by atoms with van der Waals surface area (Å²) in [6.07, 6.45) is 0. The molecule has 5 nitrogen and oxygen atoms in total. The summed E-state index contributed by atoms with van der Waals surface area (Å²) in [6.45, 7) is 0. The van der Waals surface area contributed by atoms with Gasteiger partial charge in [-0.3, -0.25) is 4.57 Å². The van der Waals surface area contributed by atoms with Crippen LogP contribution in [-0.2, 0) is 0 Å². The largest absolute Gasteiger partial charge is 0.308 e. The zero-order chi connectivity index (χ0) is 37.2. The van der Waals surface area contributed by atoms with Crippen molar-refractivity contribution >= 4 is 75.1 Å². The maximum absolute atomic E-state index is 5.40. The first-order valence-electron chi connectivity index (χ1n) is 19.2. The molecule has 0 spiro atoms. The number of fused-ring (bicyclic) bond motifs is 14. The quantitative estimate of drug-likeness (QED) is 0.181. The number of para-hydroxylation sites is 3. The van der Waals surface area contributed by atoms with Gasteiger partial charge < -0.3 is 4.57 Å². The zero-order valence-electron chi connectivity index (χ0n) is 30.4. The molecule has 4 aromatic heterocycles. The number of hydrogen-bond donors (Lipinski definition) is 0. The third-order valence-electron chi connectivity index (χ3n) is 11.7. The van der Waals surface area contributed by atoms with Crippen LogP contribution in [0.4, 0.5) is 0 Å². The van der Waals surface area contributed by atoms with Crippen LogP contribution in [0, 0.1) is 0 Å². The van der Waals surface area contributed by atoms with Crippen molar-refractivity contribution in [1.29, 1.82) is 0 Å². The number of rotatable bonds is 3. The molecule has 264 valence electrons. The van der Waals surface area contributed by atoms with Crippen LogP contribution < -0.4 is 0 Å². The third kappa shape index (κ3) is 4.30. The Balaban J connectivity index is 1.15. The molecular weight excluding hydrogens is 715 g/mol. The number of nitrogens with zero attached hydrogens (tertiary/aromatic N) is 5. The molecule has 0 saturated heterocycles. The van der Waals surface area contributed by atoms with E-state index in [1.54, 1.807) is 11.3 Å². The second-order valence-electron chi connectivity index (χ2n) is 14.8. The van der Waals surface area contributed by atoms with Crippen LogP contribution in [-0.4, -0.2) is 24.1 Å². The van der Waals surface area contributed by atoms with Gasteiger partial charge in [0.2, 0.25) is 5.95 Å². The Morgan fingerprint density at radius 2 is 0.965 bits per heavy atom. The van der Waals surface area contributed by atoms with Crippen LogP contribution in [0.3, 0.4) is 0 Å². The topological polar surface area (TPSA) is 48.5 Å². The molecule has 6 heteroatoms. The van der Waals surface area contributed by atoms with Crippen LogP contribution in [0.2, 0.25) is 0 Å². The van der Waals surface area contributed by atoms with E-state index in [1.165, 1.54) is 69.9 Å². The van der Waals surface area contributed by atoms with Crippen LogP contribution in [0.15, 0.2) is 176 Å². The van der Waals surface area contributed by atoms with Gasteiger partial charge in [0, 0.05) is 64.0 Å². The standard InChI is InChI=1S/C51H29N5S/c1-2-14-30(15-3-1)49-52-50(38-23-13-27-46-47(38)37-20-8-11-26-45(37)57-46)54-51(53-49)56-42-25-10-7-19-34(42)39-28-43-40(29-44(39)56)36-22-12-21-35-32-17-5-4-16-31(32)33-18-6-9-24-41(33)55(43)48(35)36/h1-29H. The molecule has 0 amide bonds. The highest BCUT2D eigenvalue weighted by Crippen LogP contribution is 2.48. The molecule has 13 rings (SSSR count). The predicted octanol–water partition coefficient (Wildman–Crippen LogP) is 13.4. The van der Waals surface area contributed by atoms with E-state index in [2.05, 4.69) is 167 Å². The average molecular weight is 744 g/mol. The highest BCUT2D eigenvalue weighted by molar-refractivity contribution is 7.25. The zero-order valence-corrected chi connectivity index (χ0v) is 31.2. The van der Waals surface area contributed by atoms with Crippen molar-refractivity contribution in [2.24, 2.45) is 0 Å². The summed E-state index contributed by atoms with van der Waals surface area (Å²) in [5, 5.41) is 7.07. The lowest BCUT2D eigenvalue weighted by Gasteiger charge is -2.13. The minimum atomic E-state index is 0.589. The molecule has 0 N–H and O–H groups in total. The minimum absolute atomic E-state index is 0.589. The lowest BCUT2D eigenvalue weighted by molar-refractivity contribution is 0.955. The molecule has 5 heterocycles. The van der Waals surface area contributed by atoms with E-state index in [-0.39, 0.29) is 0 Å². The smallest absolute Gasteiger partial charge is 0.238 e. The van der Waals surface area contributed by atoms with Crippen LogP contribution >= 0.6 is 11.3 Å². The van der Waals surface area contributed by atoms with E-state index in [0.29, 0.717) is 17.6 Å². The summed E-state index contributed by atoms with van der Waals surface area (Å²) >= 11 is 1.80. The van der Waals surface area contributed by atoms with Crippen molar-refractivity contribution in [3.05, 3.63) is 176 Å². The van der Waals surface area contributed by atoms with Gasteiger partial charge in [-0.1, -0.05) is 140 Å². The summed E-state index contributed by atoms with van der Waals surface area (Å²) in [5.74, 6) is 1.88. The lowest BCUT2D eigenvalue weighted by Crippen LogP contribution is -2.06. The Hall–Kier alpha value is -7.41. The van der Waals surface area contributed by atoms with Crippen molar-refractivity contribution in [1.82, 2.24) is 24.1 Å². The lowest BCUT2D eigenvalue weighted by atomic mass is 9.94. The second-order valence-corrected chi connectivity index (χ2v) is 15.8. The summed E-state index contributed by atoms with van der Waals surface area (Å²) < 4.78 is 7.19. The van der Waals surface area contributed by atoms with E-state index in [9.17, 15) is 0 Å². The molecule has 12 aromatic rings. The molecule has 0 radical (unpaired) electrons. The first-order chi connectivity index (χ1) is 28.3. The van der Waals surface area contributed by atoms with Gasteiger partial charge >= 0.3 is 0 Å². The van der Waals surface area contributed by atoms with Crippen LogP contribution in [0.1, 0.15) is 0 Å². The Morgan fingerprint density at radius 3 is 1.84 bits per heavy atom. The maximum Gasteiger partial charge on any atom is 0.238 e. The molecule has 0 fully saturated rings. The predicted molar refractivity (Wildman–Crippen MR) is 237 cm³/mol. The molecule has 8 aromatic carbocycles. The molecule has 57 heavy (non-hydrogen) atoms. The molecule has 1 aliphatic rings. The Kier molecular flexibility index (Phi) is 6.26. The Labute approximate surface area is 330 Å². The second kappa shape index (κ2) is 11.6. The van der Waals surface area contributed by atoms with Crippen LogP contribution in [0.5, 0.6) is 0 Å². The van der Waals surface area contributed by atoms with Gasteiger partial charge in [0.1, 0.15) is 0 Å². The summed E-state index contributed by atoms with van der Waals surface area (Å²) in [7, 11) is 0. The van der Waals surface area contributed by atoms with Gasteiger partial charge in [-0.25, -0.2) is 4.98 Å². The molecule has 0 atom stereocenters. The van der Waals surface area contributed by atoms with Crippen molar-refractivity contribution in [3.63, 3.8) is 0 Å². The van der Waals surface area contributed by atoms with E-state index in [0.717, 1.165) is 32.9 Å². The fourth-order valence-electron chi connectivity index (χ4n) is 9.32. The first-order valence-corrected chi connectivity index (χ1v) is 20.0. The average Bonchev–Trinajstić information content (AvgIpc) is 3.90. The third-order valence-corrected chi connectivity index (χ3v) is 12.9. The summed E-state index contributed by atoms with van der Waals surface area (Å²) in [6, 6.07) is 63.1. The molecule has 0 saturated carbocycles. The summed E-state index contributed by atoms with van der Waals surface area (Å²) in [5.41, 5.74) is 12.6. The van der Waals surface area contributed by atoms with Gasteiger partial charge in [0.25, 0.3) is 0 Å².